The van der Waals surface area contributed by atoms with Crippen LogP contribution < -0.4 is 4.72 Å². The van der Waals surface area contributed by atoms with Crippen LogP contribution in [0.25, 0.3) is 0 Å². The largest absolute Gasteiger partial charge is 0.372 e. The van der Waals surface area contributed by atoms with Gasteiger partial charge in [0.2, 0.25) is 0 Å². The van der Waals surface area contributed by atoms with Crippen molar-refractivity contribution < 1.29 is 13.2 Å². The molecule has 1 fully saturated rings. The van der Waals surface area contributed by atoms with Crippen molar-refractivity contribution in [3.05, 3.63) is 34.9 Å². The fourth-order valence-electron chi connectivity index (χ4n) is 1.99. The van der Waals surface area contributed by atoms with Crippen LogP contribution in [0.4, 0.5) is 0 Å². The van der Waals surface area contributed by atoms with E-state index in [4.69, 9.17) is 16.3 Å². The van der Waals surface area contributed by atoms with E-state index in [2.05, 4.69) is 4.72 Å². The lowest BCUT2D eigenvalue weighted by molar-refractivity contribution is 0.102. The number of halogens is 1. The normalized spacial score (nSPS) is 24.0. The Morgan fingerprint density at radius 2 is 1.95 bits per heavy atom. The van der Waals surface area contributed by atoms with E-state index in [0.29, 0.717) is 18.1 Å². The molecule has 106 valence electrons. The standard InChI is InChI=1S/C12H17ClN2O3S/c1-15(2)19(16,17)14-11-7-8-18-12(11)9-3-5-10(13)6-4-9/h3-6,11-12,14H,7-8H2,1-2H3/t11-,12-/m0/s1. The highest BCUT2D eigenvalue weighted by Gasteiger charge is 2.33. The zero-order valence-electron chi connectivity index (χ0n) is 10.8. The van der Waals surface area contributed by atoms with Gasteiger partial charge in [-0.25, -0.2) is 0 Å². The number of nitrogens with one attached hydrogen (secondary N) is 1. The third kappa shape index (κ3) is 3.46. The summed E-state index contributed by atoms with van der Waals surface area (Å²) in [5, 5.41) is 0.646. The first kappa shape index (κ1) is 14.7. The van der Waals surface area contributed by atoms with E-state index in [1.807, 2.05) is 12.1 Å². The second kappa shape index (κ2) is 5.76. The molecule has 0 unspecified atom stereocenters. The van der Waals surface area contributed by atoms with Gasteiger partial charge in [0.05, 0.1) is 12.1 Å². The first-order valence-electron chi connectivity index (χ1n) is 5.97. The van der Waals surface area contributed by atoms with Crippen molar-refractivity contribution in [2.45, 2.75) is 18.6 Å². The van der Waals surface area contributed by atoms with Gasteiger partial charge in [-0.15, -0.1) is 0 Å². The van der Waals surface area contributed by atoms with Gasteiger partial charge in [0.1, 0.15) is 0 Å². The van der Waals surface area contributed by atoms with Gasteiger partial charge in [-0.3, -0.25) is 0 Å². The number of hydrogen-bond donors (Lipinski definition) is 1. The zero-order chi connectivity index (χ0) is 14.0. The average molecular weight is 305 g/mol. The van der Waals surface area contributed by atoms with Gasteiger partial charge in [0, 0.05) is 25.7 Å². The van der Waals surface area contributed by atoms with Crippen LogP contribution in [0.2, 0.25) is 5.02 Å². The molecule has 1 aliphatic rings. The highest BCUT2D eigenvalue weighted by molar-refractivity contribution is 7.87. The molecule has 1 aromatic rings. The van der Waals surface area contributed by atoms with Crippen molar-refractivity contribution in [2.75, 3.05) is 20.7 Å². The quantitative estimate of drug-likeness (QED) is 0.918. The molecule has 0 aromatic heterocycles. The minimum absolute atomic E-state index is 0.256. The van der Waals surface area contributed by atoms with Crippen LogP contribution in [0, 0.1) is 0 Å². The third-order valence-corrected chi connectivity index (χ3v) is 4.89. The van der Waals surface area contributed by atoms with E-state index in [1.165, 1.54) is 14.1 Å². The van der Waals surface area contributed by atoms with E-state index >= 15 is 0 Å². The molecule has 0 amide bonds. The lowest BCUT2D eigenvalue weighted by Crippen LogP contribution is -2.43. The van der Waals surface area contributed by atoms with Crippen molar-refractivity contribution in [1.82, 2.24) is 9.03 Å². The van der Waals surface area contributed by atoms with Gasteiger partial charge >= 0.3 is 0 Å². The second-order valence-electron chi connectivity index (χ2n) is 4.64. The van der Waals surface area contributed by atoms with Gasteiger partial charge in [0.25, 0.3) is 10.2 Å². The minimum atomic E-state index is -3.45. The third-order valence-electron chi connectivity index (χ3n) is 3.07. The summed E-state index contributed by atoms with van der Waals surface area (Å²) in [7, 11) is -0.462. The summed E-state index contributed by atoms with van der Waals surface area (Å²) in [5.41, 5.74) is 0.924. The first-order chi connectivity index (χ1) is 8.90. The van der Waals surface area contributed by atoms with Crippen LogP contribution in [-0.2, 0) is 14.9 Å². The molecule has 0 saturated carbocycles. The van der Waals surface area contributed by atoms with E-state index in [-0.39, 0.29) is 12.1 Å². The van der Waals surface area contributed by atoms with E-state index in [0.717, 1.165) is 9.87 Å². The number of rotatable bonds is 4. The Morgan fingerprint density at radius 1 is 1.32 bits per heavy atom. The van der Waals surface area contributed by atoms with Gasteiger partial charge < -0.3 is 4.74 Å². The fourth-order valence-corrected chi connectivity index (χ4v) is 2.95. The molecule has 5 nitrogen and oxygen atoms in total. The van der Waals surface area contributed by atoms with Crippen molar-refractivity contribution >= 4 is 21.8 Å². The Bertz CT molecular complexity index is 530. The molecule has 0 spiro atoms. The SMILES string of the molecule is CN(C)S(=O)(=O)N[C@H]1CCO[C@H]1c1ccc(Cl)cc1. The number of benzene rings is 1. The molecule has 7 heteroatoms. The Hall–Kier alpha value is -0.660. The number of ether oxygens (including phenoxy) is 1. The highest BCUT2D eigenvalue weighted by Crippen LogP contribution is 2.30. The van der Waals surface area contributed by atoms with Crippen LogP contribution in [0.1, 0.15) is 18.1 Å². The maximum Gasteiger partial charge on any atom is 0.279 e. The maximum absolute atomic E-state index is 11.9. The number of hydrogen-bond acceptors (Lipinski definition) is 3. The molecule has 1 aromatic carbocycles. The van der Waals surface area contributed by atoms with Crippen molar-refractivity contribution in [3.8, 4) is 0 Å². The van der Waals surface area contributed by atoms with Gasteiger partial charge in [-0.2, -0.15) is 17.4 Å². The summed E-state index contributed by atoms with van der Waals surface area (Å²) in [6, 6.07) is 7.00. The summed E-state index contributed by atoms with van der Waals surface area (Å²) < 4.78 is 33.2. The lowest BCUT2D eigenvalue weighted by atomic mass is 10.0. The molecule has 1 aliphatic heterocycles. The molecule has 2 rings (SSSR count). The number of nitrogens with zero attached hydrogens (tertiary/aromatic N) is 1. The summed E-state index contributed by atoms with van der Waals surface area (Å²) >= 11 is 5.84. The minimum Gasteiger partial charge on any atom is -0.372 e. The molecule has 1 N–H and O–H groups in total. The molecular formula is C12H17ClN2O3S. The van der Waals surface area contributed by atoms with Crippen LogP contribution in [0.15, 0.2) is 24.3 Å². The van der Waals surface area contributed by atoms with Crippen molar-refractivity contribution in [3.63, 3.8) is 0 Å². The predicted molar refractivity (Wildman–Crippen MR) is 74.3 cm³/mol. The van der Waals surface area contributed by atoms with E-state index in [1.54, 1.807) is 12.1 Å². The van der Waals surface area contributed by atoms with Crippen molar-refractivity contribution in [1.29, 1.82) is 0 Å². The van der Waals surface area contributed by atoms with Crippen LogP contribution in [-0.4, -0.2) is 39.5 Å². The Labute approximate surface area is 118 Å². The van der Waals surface area contributed by atoms with Crippen LogP contribution in [0.3, 0.4) is 0 Å². The zero-order valence-corrected chi connectivity index (χ0v) is 12.4. The maximum atomic E-state index is 11.9. The first-order valence-corrected chi connectivity index (χ1v) is 7.79. The van der Waals surface area contributed by atoms with E-state index < -0.39 is 10.2 Å². The fraction of sp³-hybridized carbons (Fsp3) is 0.500. The summed E-state index contributed by atoms with van der Waals surface area (Å²) in [6.45, 7) is 0.536. The molecule has 19 heavy (non-hydrogen) atoms. The Morgan fingerprint density at radius 3 is 2.53 bits per heavy atom. The van der Waals surface area contributed by atoms with Gasteiger partial charge in [-0.1, -0.05) is 23.7 Å². The highest BCUT2D eigenvalue weighted by atomic mass is 35.5. The predicted octanol–water partition coefficient (Wildman–Crippen LogP) is 1.57. The monoisotopic (exact) mass is 304 g/mol. The summed E-state index contributed by atoms with van der Waals surface area (Å²) in [4.78, 5) is 0. The van der Waals surface area contributed by atoms with E-state index in [9.17, 15) is 8.42 Å². The molecule has 0 aliphatic carbocycles. The van der Waals surface area contributed by atoms with Crippen LogP contribution in [0.5, 0.6) is 0 Å². The second-order valence-corrected chi connectivity index (χ2v) is 7.00. The average Bonchev–Trinajstić information content (AvgIpc) is 2.77. The van der Waals surface area contributed by atoms with Crippen LogP contribution >= 0.6 is 11.6 Å². The molecule has 1 saturated heterocycles. The molecule has 2 atom stereocenters. The van der Waals surface area contributed by atoms with Gasteiger partial charge in [0.15, 0.2) is 0 Å². The Balaban J connectivity index is 2.15. The lowest BCUT2D eigenvalue weighted by Gasteiger charge is -2.22. The summed E-state index contributed by atoms with van der Waals surface area (Å²) in [6.07, 6.45) is 0.382. The molecule has 0 bridgehead atoms. The summed E-state index contributed by atoms with van der Waals surface area (Å²) in [5.74, 6) is 0. The van der Waals surface area contributed by atoms with Crippen molar-refractivity contribution in [2.24, 2.45) is 0 Å². The smallest absolute Gasteiger partial charge is 0.279 e. The van der Waals surface area contributed by atoms with Gasteiger partial charge in [-0.05, 0) is 24.1 Å². The molecule has 1 heterocycles. The topological polar surface area (TPSA) is 58.6 Å². The molecule has 0 radical (unpaired) electrons. The molecular weight excluding hydrogens is 288 g/mol. The Kier molecular flexibility index (Phi) is 4.47.